The summed E-state index contributed by atoms with van der Waals surface area (Å²) in [7, 11) is 0. The predicted molar refractivity (Wildman–Crippen MR) is 71.7 cm³/mol. The molecule has 2 unspecified atom stereocenters. The van der Waals surface area contributed by atoms with Crippen LogP contribution < -0.4 is 10.6 Å². The Morgan fingerprint density at radius 2 is 2.30 bits per heavy atom. The van der Waals surface area contributed by atoms with Crippen molar-refractivity contribution < 1.29 is 19.6 Å². The zero-order valence-corrected chi connectivity index (χ0v) is 11.8. The minimum atomic E-state index is -0.574. The third kappa shape index (κ3) is 5.26. The van der Waals surface area contributed by atoms with Gasteiger partial charge in [0.05, 0.1) is 18.5 Å². The first-order valence-corrected chi connectivity index (χ1v) is 7.07. The van der Waals surface area contributed by atoms with Gasteiger partial charge in [-0.1, -0.05) is 19.8 Å². The van der Waals surface area contributed by atoms with Crippen molar-refractivity contribution in [2.24, 2.45) is 5.92 Å². The van der Waals surface area contributed by atoms with E-state index in [0.717, 1.165) is 32.2 Å². The SMILES string of the molecule is CCCCC(CN(O)C=O)C(=O)NC(=O)C1CCCN1. The van der Waals surface area contributed by atoms with Crippen molar-refractivity contribution in [3.63, 3.8) is 0 Å². The van der Waals surface area contributed by atoms with Crippen molar-refractivity contribution >= 4 is 18.2 Å². The number of hydrogen-bond acceptors (Lipinski definition) is 5. The number of carbonyl (C=O) groups is 3. The molecule has 2 atom stereocenters. The molecule has 0 spiro atoms. The molecule has 7 nitrogen and oxygen atoms in total. The average Bonchev–Trinajstić information content (AvgIpc) is 2.97. The molecule has 0 aromatic rings. The molecule has 1 saturated heterocycles. The average molecular weight is 285 g/mol. The normalized spacial score (nSPS) is 19.4. The van der Waals surface area contributed by atoms with Crippen molar-refractivity contribution in [1.82, 2.24) is 15.7 Å². The maximum absolute atomic E-state index is 12.1. The van der Waals surface area contributed by atoms with Gasteiger partial charge in [0.25, 0.3) is 0 Å². The number of unbranched alkanes of at least 4 members (excludes halogenated alkanes) is 1. The van der Waals surface area contributed by atoms with E-state index in [1.165, 1.54) is 0 Å². The predicted octanol–water partition coefficient (Wildman–Crippen LogP) is 0.0352. The van der Waals surface area contributed by atoms with E-state index < -0.39 is 11.8 Å². The Morgan fingerprint density at radius 1 is 1.55 bits per heavy atom. The minimum Gasteiger partial charge on any atom is -0.306 e. The monoisotopic (exact) mass is 285 g/mol. The summed E-state index contributed by atoms with van der Waals surface area (Å²) in [5, 5.41) is 15.0. The molecule has 20 heavy (non-hydrogen) atoms. The van der Waals surface area contributed by atoms with Crippen LogP contribution in [-0.4, -0.2) is 47.6 Å². The molecule has 0 aliphatic carbocycles. The van der Waals surface area contributed by atoms with Crippen LogP contribution in [0.4, 0.5) is 0 Å². The van der Waals surface area contributed by atoms with Crippen LogP contribution in [0.25, 0.3) is 0 Å². The van der Waals surface area contributed by atoms with Gasteiger partial charge < -0.3 is 5.32 Å². The van der Waals surface area contributed by atoms with Gasteiger partial charge in [0, 0.05) is 0 Å². The van der Waals surface area contributed by atoms with E-state index in [1.807, 2.05) is 6.92 Å². The van der Waals surface area contributed by atoms with Crippen LogP contribution in [-0.2, 0) is 14.4 Å². The Morgan fingerprint density at radius 3 is 2.85 bits per heavy atom. The van der Waals surface area contributed by atoms with Gasteiger partial charge in [-0.05, 0) is 25.8 Å². The Balaban J connectivity index is 2.52. The molecule has 1 fully saturated rings. The Labute approximate surface area is 118 Å². The minimum absolute atomic E-state index is 0.0965. The fourth-order valence-electron chi connectivity index (χ4n) is 2.24. The summed E-state index contributed by atoms with van der Waals surface area (Å²) in [5.74, 6) is -1.34. The number of amides is 3. The molecule has 0 aromatic carbocycles. The van der Waals surface area contributed by atoms with E-state index in [0.29, 0.717) is 11.5 Å². The summed E-state index contributed by atoms with van der Waals surface area (Å²) < 4.78 is 0. The summed E-state index contributed by atoms with van der Waals surface area (Å²) in [6, 6.07) is -0.318. The van der Waals surface area contributed by atoms with Gasteiger partial charge >= 0.3 is 0 Å². The van der Waals surface area contributed by atoms with Crippen LogP contribution in [0.2, 0.25) is 0 Å². The molecule has 7 heteroatoms. The highest BCUT2D eigenvalue weighted by molar-refractivity contribution is 5.98. The quantitative estimate of drug-likeness (QED) is 0.332. The summed E-state index contributed by atoms with van der Waals surface area (Å²) in [4.78, 5) is 34.3. The molecule has 114 valence electrons. The van der Waals surface area contributed by atoms with E-state index in [9.17, 15) is 19.6 Å². The second-order valence-corrected chi connectivity index (χ2v) is 5.07. The molecular formula is C13H23N3O4. The van der Waals surface area contributed by atoms with Crippen molar-refractivity contribution in [2.45, 2.75) is 45.1 Å². The molecule has 1 heterocycles. The van der Waals surface area contributed by atoms with Crippen LogP contribution in [0.3, 0.4) is 0 Å². The summed E-state index contributed by atoms with van der Waals surface area (Å²) in [6.07, 6.45) is 4.11. The van der Waals surface area contributed by atoms with E-state index >= 15 is 0 Å². The van der Waals surface area contributed by atoms with E-state index in [1.54, 1.807) is 0 Å². The largest absolute Gasteiger partial charge is 0.306 e. The maximum Gasteiger partial charge on any atom is 0.243 e. The Kier molecular flexibility index (Phi) is 7.17. The number of nitrogens with one attached hydrogen (secondary N) is 2. The van der Waals surface area contributed by atoms with E-state index in [4.69, 9.17) is 0 Å². The van der Waals surface area contributed by atoms with Crippen LogP contribution in [0.1, 0.15) is 39.0 Å². The first-order valence-electron chi connectivity index (χ1n) is 7.07. The molecule has 0 radical (unpaired) electrons. The lowest BCUT2D eigenvalue weighted by Gasteiger charge is -2.19. The lowest BCUT2D eigenvalue weighted by atomic mass is 10.0. The highest BCUT2D eigenvalue weighted by Crippen LogP contribution is 2.11. The lowest BCUT2D eigenvalue weighted by Crippen LogP contribution is -2.47. The fraction of sp³-hybridized carbons (Fsp3) is 0.769. The molecule has 1 aliphatic heterocycles. The van der Waals surface area contributed by atoms with Crippen LogP contribution in [0, 0.1) is 5.92 Å². The van der Waals surface area contributed by atoms with Gasteiger partial charge in [-0.25, -0.2) is 5.06 Å². The highest BCUT2D eigenvalue weighted by Gasteiger charge is 2.27. The number of hydroxylamine groups is 2. The first-order chi connectivity index (χ1) is 9.58. The van der Waals surface area contributed by atoms with Gasteiger partial charge in [-0.15, -0.1) is 0 Å². The van der Waals surface area contributed by atoms with E-state index in [-0.39, 0.29) is 24.9 Å². The molecule has 3 N–H and O–H groups in total. The summed E-state index contributed by atoms with van der Waals surface area (Å²) in [5.41, 5.74) is 0. The molecule has 1 aliphatic rings. The van der Waals surface area contributed by atoms with Crippen LogP contribution in [0.5, 0.6) is 0 Å². The zero-order chi connectivity index (χ0) is 15.0. The van der Waals surface area contributed by atoms with Crippen molar-refractivity contribution in [3.05, 3.63) is 0 Å². The Bertz CT molecular complexity index is 343. The van der Waals surface area contributed by atoms with Crippen LogP contribution >= 0.6 is 0 Å². The van der Waals surface area contributed by atoms with Crippen molar-refractivity contribution in [3.8, 4) is 0 Å². The topological polar surface area (TPSA) is 98.7 Å². The molecular weight excluding hydrogens is 262 g/mol. The number of rotatable bonds is 8. The molecule has 3 amide bonds. The van der Waals surface area contributed by atoms with Crippen LogP contribution in [0.15, 0.2) is 0 Å². The molecule has 0 saturated carbocycles. The second-order valence-electron chi connectivity index (χ2n) is 5.07. The van der Waals surface area contributed by atoms with Gasteiger partial charge in [0.1, 0.15) is 0 Å². The lowest BCUT2D eigenvalue weighted by molar-refractivity contribution is -0.155. The van der Waals surface area contributed by atoms with Gasteiger partial charge in [-0.3, -0.25) is 24.9 Å². The first kappa shape index (κ1) is 16.6. The smallest absolute Gasteiger partial charge is 0.243 e. The van der Waals surface area contributed by atoms with Crippen molar-refractivity contribution in [1.29, 1.82) is 0 Å². The molecule has 0 bridgehead atoms. The van der Waals surface area contributed by atoms with Gasteiger partial charge in [0.15, 0.2) is 0 Å². The summed E-state index contributed by atoms with van der Waals surface area (Å²) in [6.45, 7) is 2.67. The number of hydrogen-bond donors (Lipinski definition) is 3. The van der Waals surface area contributed by atoms with E-state index in [2.05, 4.69) is 10.6 Å². The molecule has 0 aromatic heterocycles. The standard InChI is InChI=1S/C13H23N3O4/c1-2-3-5-10(8-16(20)9-17)12(18)15-13(19)11-6-4-7-14-11/h9-11,14,20H,2-8H2,1H3,(H,15,18,19). The fourth-order valence-corrected chi connectivity index (χ4v) is 2.24. The van der Waals surface area contributed by atoms with Gasteiger partial charge in [-0.2, -0.15) is 0 Å². The number of nitrogens with zero attached hydrogens (tertiary/aromatic N) is 1. The third-order valence-electron chi connectivity index (χ3n) is 3.43. The summed E-state index contributed by atoms with van der Waals surface area (Å²) >= 11 is 0. The second kappa shape index (κ2) is 8.65. The number of imide groups is 1. The highest BCUT2D eigenvalue weighted by atomic mass is 16.5. The van der Waals surface area contributed by atoms with Crippen molar-refractivity contribution in [2.75, 3.05) is 13.1 Å². The molecule has 1 rings (SSSR count). The Hall–Kier alpha value is -1.47. The maximum atomic E-state index is 12.1. The zero-order valence-electron chi connectivity index (χ0n) is 11.8. The third-order valence-corrected chi connectivity index (χ3v) is 3.43. The number of carbonyl (C=O) groups excluding carboxylic acids is 3. The van der Waals surface area contributed by atoms with Gasteiger partial charge in [0.2, 0.25) is 18.2 Å².